The Kier molecular flexibility index (Phi) is 5.55. The van der Waals surface area contributed by atoms with Gasteiger partial charge in [0.2, 0.25) is 5.91 Å². The third-order valence-electron chi connectivity index (χ3n) is 5.16. The van der Waals surface area contributed by atoms with Crippen LogP contribution in [0.4, 0.5) is 5.82 Å². The van der Waals surface area contributed by atoms with E-state index in [0.717, 1.165) is 19.6 Å². The molecule has 0 bridgehead atoms. The number of aromatic nitrogens is 2. The van der Waals surface area contributed by atoms with E-state index < -0.39 is 11.0 Å². The van der Waals surface area contributed by atoms with Crippen LogP contribution in [0.25, 0.3) is 0 Å². The first-order valence-corrected chi connectivity index (χ1v) is 9.13. The van der Waals surface area contributed by atoms with Crippen LogP contribution in [0.1, 0.15) is 29.8 Å². The fourth-order valence-electron chi connectivity index (χ4n) is 3.48. The molecule has 1 aromatic heterocycles. The molecule has 2 heterocycles. The Morgan fingerprint density at radius 2 is 1.89 bits per heavy atom. The number of carbonyl (C=O) groups excluding carboxylic acids is 1. The van der Waals surface area contributed by atoms with Crippen LogP contribution in [-0.2, 0) is 11.3 Å². The molecular formula is C19H25N5O3. The number of aryl methyl sites for hydroxylation is 2. The van der Waals surface area contributed by atoms with Crippen molar-refractivity contribution in [1.29, 1.82) is 0 Å². The van der Waals surface area contributed by atoms with Gasteiger partial charge in [-0.1, -0.05) is 24.3 Å². The molecule has 2 aromatic rings. The zero-order chi connectivity index (χ0) is 19.6. The van der Waals surface area contributed by atoms with Crippen molar-refractivity contribution in [2.24, 2.45) is 0 Å². The van der Waals surface area contributed by atoms with Gasteiger partial charge in [-0.2, -0.15) is 4.68 Å². The van der Waals surface area contributed by atoms with E-state index in [2.05, 4.69) is 35.1 Å². The summed E-state index contributed by atoms with van der Waals surface area (Å²) in [7, 11) is 0. The number of amides is 1. The maximum Gasteiger partial charge on any atom is 0.390 e. The van der Waals surface area contributed by atoms with Gasteiger partial charge < -0.3 is 15.0 Å². The molecule has 0 saturated carbocycles. The lowest BCUT2D eigenvalue weighted by atomic mass is 10.1. The first kappa shape index (κ1) is 19.0. The number of hydrogen-bond donors (Lipinski definition) is 0. The summed E-state index contributed by atoms with van der Waals surface area (Å²) >= 11 is 0. The predicted molar refractivity (Wildman–Crippen MR) is 101 cm³/mol. The Balaban J connectivity index is 1.59. The summed E-state index contributed by atoms with van der Waals surface area (Å²) in [6, 6.07) is 9.18. The molecule has 1 fully saturated rings. The normalized spacial score (nSPS) is 16.3. The first-order chi connectivity index (χ1) is 12.9. The molecule has 8 heteroatoms. The number of nitro groups is 1. The summed E-state index contributed by atoms with van der Waals surface area (Å²) in [4.78, 5) is 27.4. The van der Waals surface area contributed by atoms with Crippen LogP contribution in [0.2, 0.25) is 0 Å². The molecule has 1 aromatic carbocycles. The molecule has 1 saturated heterocycles. The third kappa shape index (κ3) is 4.16. The molecule has 3 rings (SSSR count). The molecule has 1 aliphatic heterocycles. The van der Waals surface area contributed by atoms with Crippen molar-refractivity contribution in [3.05, 3.63) is 57.3 Å². The molecule has 8 nitrogen and oxygen atoms in total. The van der Waals surface area contributed by atoms with Crippen LogP contribution < -0.4 is 0 Å². The van der Waals surface area contributed by atoms with E-state index >= 15 is 0 Å². The Labute approximate surface area is 158 Å². The highest BCUT2D eigenvalue weighted by molar-refractivity contribution is 5.80. The second-order valence-corrected chi connectivity index (χ2v) is 7.05. The van der Waals surface area contributed by atoms with E-state index in [1.807, 2.05) is 11.0 Å². The van der Waals surface area contributed by atoms with Gasteiger partial charge in [0.25, 0.3) is 0 Å². The molecule has 1 aliphatic rings. The fraction of sp³-hybridized carbons (Fsp3) is 0.474. The number of piperazine rings is 1. The SMILES string of the molecule is Cc1ccccc1CN1CCN(C(=O)C(C)n2nc([N+](=O)[O-])cc2C)CC1. The summed E-state index contributed by atoms with van der Waals surface area (Å²) < 4.78 is 1.44. The minimum absolute atomic E-state index is 0.0494. The number of nitrogens with zero attached hydrogens (tertiary/aromatic N) is 5. The van der Waals surface area contributed by atoms with Crippen molar-refractivity contribution >= 4 is 11.7 Å². The lowest BCUT2D eigenvalue weighted by Crippen LogP contribution is -2.50. The summed E-state index contributed by atoms with van der Waals surface area (Å²) in [6.07, 6.45) is 0. The second-order valence-electron chi connectivity index (χ2n) is 7.05. The highest BCUT2D eigenvalue weighted by Gasteiger charge is 2.30. The maximum absolute atomic E-state index is 12.8. The average Bonchev–Trinajstić information content (AvgIpc) is 3.05. The van der Waals surface area contributed by atoms with Crippen molar-refractivity contribution in [3.63, 3.8) is 0 Å². The number of rotatable bonds is 5. The van der Waals surface area contributed by atoms with Gasteiger partial charge in [-0.3, -0.25) is 9.69 Å². The standard InChI is InChI=1S/C19H25N5O3/c1-14-6-4-5-7-17(14)13-21-8-10-22(11-9-21)19(25)16(3)23-15(2)12-18(20-23)24(26)27/h4-7,12,16H,8-11,13H2,1-3H3. The van der Waals surface area contributed by atoms with Crippen molar-refractivity contribution < 1.29 is 9.72 Å². The van der Waals surface area contributed by atoms with E-state index in [0.29, 0.717) is 18.8 Å². The molecule has 27 heavy (non-hydrogen) atoms. The lowest BCUT2D eigenvalue weighted by molar-refractivity contribution is -0.389. The van der Waals surface area contributed by atoms with Crippen LogP contribution >= 0.6 is 0 Å². The molecular weight excluding hydrogens is 346 g/mol. The Bertz CT molecular complexity index is 840. The molecule has 1 atom stereocenters. The smallest absolute Gasteiger partial charge is 0.358 e. The van der Waals surface area contributed by atoms with Crippen LogP contribution in [0, 0.1) is 24.0 Å². The quantitative estimate of drug-likeness (QED) is 0.595. The topological polar surface area (TPSA) is 84.5 Å². The highest BCUT2D eigenvalue weighted by Crippen LogP contribution is 2.19. The monoisotopic (exact) mass is 371 g/mol. The summed E-state index contributed by atoms with van der Waals surface area (Å²) in [6.45, 7) is 9.39. The number of hydrogen-bond acceptors (Lipinski definition) is 5. The van der Waals surface area contributed by atoms with E-state index in [9.17, 15) is 14.9 Å². The maximum atomic E-state index is 12.8. The van der Waals surface area contributed by atoms with Gasteiger partial charge in [-0.05, 0) is 36.8 Å². The van der Waals surface area contributed by atoms with Gasteiger partial charge in [0, 0.05) is 32.7 Å². The summed E-state index contributed by atoms with van der Waals surface area (Å²) in [5, 5.41) is 14.9. The van der Waals surface area contributed by atoms with Gasteiger partial charge in [0.05, 0.1) is 16.9 Å². The fourth-order valence-corrected chi connectivity index (χ4v) is 3.48. The minimum Gasteiger partial charge on any atom is -0.358 e. The van der Waals surface area contributed by atoms with Crippen molar-refractivity contribution in [2.75, 3.05) is 26.2 Å². The number of carbonyl (C=O) groups is 1. The molecule has 0 spiro atoms. The van der Waals surface area contributed by atoms with Crippen LogP contribution in [0.3, 0.4) is 0 Å². The number of benzene rings is 1. The van der Waals surface area contributed by atoms with Crippen molar-refractivity contribution in [2.45, 2.75) is 33.4 Å². The Hall–Kier alpha value is -2.74. The Morgan fingerprint density at radius 3 is 2.48 bits per heavy atom. The molecule has 0 radical (unpaired) electrons. The largest absolute Gasteiger partial charge is 0.390 e. The van der Waals surface area contributed by atoms with Crippen molar-refractivity contribution in [3.8, 4) is 0 Å². The van der Waals surface area contributed by atoms with E-state index in [-0.39, 0.29) is 11.7 Å². The first-order valence-electron chi connectivity index (χ1n) is 9.13. The van der Waals surface area contributed by atoms with Crippen molar-refractivity contribution in [1.82, 2.24) is 19.6 Å². The minimum atomic E-state index is -0.554. The van der Waals surface area contributed by atoms with Gasteiger partial charge in [0.1, 0.15) is 6.04 Å². The zero-order valence-corrected chi connectivity index (χ0v) is 16.0. The second kappa shape index (κ2) is 7.87. The van der Waals surface area contributed by atoms with Crippen LogP contribution in [0.5, 0.6) is 0 Å². The third-order valence-corrected chi connectivity index (χ3v) is 5.16. The molecule has 0 aliphatic carbocycles. The van der Waals surface area contributed by atoms with Gasteiger partial charge >= 0.3 is 5.82 Å². The highest BCUT2D eigenvalue weighted by atomic mass is 16.6. The Morgan fingerprint density at radius 1 is 1.22 bits per heavy atom. The van der Waals surface area contributed by atoms with Gasteiger partial charge in [-0.25, -0.2) is 0 Å². The van der Waals surface area contributed by atoms with Gasteiger partial charge in [0.15, 0.2) is 0 Å². The summed E-state index contributed by atoms with van der Waals surface area (Å²) in [5.41, 5.74) is 3.20. The summed E-state index contributed by atoms with van der Waals surface area (Å²) in [5.74, 6) is -0.276. The molecule has 144 valence electrons. The predicted octanol–water partition coefficient (Wildman–Crippen LogP) is 2.31. The molecule has 1 amide bonds. The van der Waals surface area contributed by atoms with Crippen LogP contribution in [-0.4, -0.2) is 56.6 Å². The molecule has 0 N–H and O–H groups in total. The van der Waals surface area contributed by atoms with Crippen LogP contribution in [0.15, 0.2) is 30.3 Å². The zero-order valence-electron chi connectivity index (χ0n) is 16.0. The van der Waals surface area contributed by atoms with E-state index in [4.69, 9.17) is 0 Å². The van der Waals surface area contributed by atoms with E-state index in [1.165, 1.54) is 21.9 Å². The lowest BCUT2D eigenvalue weighted by Gasteiger charge is -2.36. The average molecular weight is 371 g/mol. The molecule has 1 unspecified atom stereocenters. The van der Waals surface area contributed by atoms with E-state index in [1.54, 1.807) is 13.8 Å². The van der Waals surface area contributed by atoms with Gasteiger partial charge in [-0.15, -0.1) is 0 Å².